The molecule has 0 radical (unpaired) electrons. The second kappa shape index (κ2) is 6.43. The van der Waals surface area contributed by atoms with E-state index >= 15 is 0 Å². The fourth-order valence-corrected chi connectivity index (χ4v) is 3.13. The first-order chi connectivity index (χ1) is 9.18. The molecule has 0 aliphatic rings. The minimum Gasteiger partial charge on any atom is -0.387 e. The first kappa shape index (κ1) is 13.7. The molecule has 1 atom stereocenters. The number of nitrogens with two attached hydrogens (primary N) is 1. The molecule has 0 saturated heterocycles. The Kier molecular flexibility index (Phi) is 4.63. The maximum atomic E-state index is 7.77. The van der Waals surface area contributed by atoms with Gasteiger partial charge in [-0.2, -0.15) is 0 Å². The molecule has 2 rings (SSSR count). The van der Waals surface area contributed by atoms with Crippen LogP contribution in [0.1, 0.15) is 17.0 Å². The summed E-state index contributed by atoms with van der Waals surface area (Å²) < 4.78 is 0. The normalized spacial score (nSPS) is 12.1. The third-order valence-electron chi connectivity index (χ3n) is 3.08. The Bertz CT molecular complexity index is 552. The summed E-state index contributed by atoms with van der Waals surface area (Å²) in [5.74, 6) is 1.00. The molecule has 3 heteroatoms. The highest BCUT2D eigenvalue weighted by molar-refractivity contribution is 7.99. The molecule has 0 aromatic heterocycles. The van der Waals surface area contributed by atoms with Crippen LogP contribution in [0.15, 0.2) is 59.5 Å². The lowest BCUT2D eigenvalue weighted by Crippen LogP contribution is -2.22. The van der Waals surface area contributed by atoms with E-state index in [9.17, 15) is 0 Å². The van der Waals surface area contributed by atoms with Crippen molar-refractivity contribution in [2.45, 2.75) is 17.7 Å². The maximum absolute atomic E-state index is 7.77. The van der Waals surface area contributed by atoms with Crippen LogP contribution in [0.25, 0.3) is 0 Å². The van der Waals surface area contributed by atoms with Crippen molar-refractivity contribution < 1.29 is 0 Å². The summed E-state index contributed by atoms with van der Waals surface area (Å²) >= 11 is 1.76. The molecule has 98 valence electrons. The zero-order chi connectivity index (χ0) is 13.7. The molecule has 0 saturated carbocycles. The molecule has 0 aliphatic heterocycles. The van der Waals surface area contributed by atoms with Crippen LogP contribution < -0.4 is 5.73 Å². The summed E-state index contributed by atoms with van der Waals surface area (Å²) in [5, 5.41) is 7.77. The number of hydrogen-bond donors (Lipinski definition) is 2. The quantitative estimate of drug-likeness (QED) is 0.493. The zero-order valence-corrected chi connectivity index (χ0v) is 11.8. The first-order valence-corrected chi connectivity index (χ1v) is 7.24. The molecule has 0 aliphatic carbocycles. The van der Waals surface area contributed by atoms with Gasteiger partial charge in [0.25, 0.3) is 0 Å². The van der Waals surface area contributed by atoms with Gasteiger partial charge in [0.1, 0.15) is 0 Å². The van der Waals surface area contributed by atoms with Gasteiger partial charge in [-0.15, -0.1) is 11.8 Å². The van der Waals surface area contributed by atoms with Crippen LogP contribution in [0.4, 0.5) is 0 Å². The second-order valence-electron chi connectivity index (χ2n) is 4.50. The predicted octanol–water partition coefficient (Wildman–Crippen LogP) is 3.81. The Hall–Kier alpha value is -1.74. The highest BCUT2D eigenvalue weighted by atomic mass is 32.2. The van der Waals surface area contributed by atoms with E-state index in [2.05, 4.69) is 19.1 Å². The molecule has 2 aromatic carbocycles. The van der Waals surface area contributed by atoms with E-state index in [-0.39, 0.29) is 11.8 Å². The summed E-state index contributed by atoms with van der Waals surface area (Å²) in [6.07, 6.45) is 0. The maximum Gasteiger partial charge on any atom is 0.0990 e. The van der Waals surface area contributed by atoms with Crippen molar-refractivity contribution in [3.05, 3.63) is 65.7 Å². The highest BCUT2D eigenvalue weighted by Gasteiger charge is 2.15. The molecule has 0 heterocycles. The van der Waals surface area contributed by atoms with Gasteiger partial charge in [0.05, 0.1) is 11.8 Å². The van der Waals surface area contributed by atoms with Crippen molar-refractivity contribution in [2.75, 3.05) is 5.75 Å². The Labute approximate surface area is 118 Å². The molecule has 0 fully saturated rings. The van der Waals surface area contributed by atoms with Gasteiger partial charge in [0.2, 0.25) is 0 Å². The number of nitrogens with one attached hydrogen (secondary N) is 1. The van der Waals surface area contributed by atoms with Crippen LogP contribution in [0.2, 0.25) is 0 Å². The molecular weight excluding hydrogens is 252 g/mol. The van der Waals surface area contributed by atoms with Gasteiger partial charge in [-0.05, 0) is 24.1 Å². The minimum absolute atomic E-state index is 0.0224. The van der Waals surface area contributed by atoms with Gasteiger partial charge in [-0.3, -0.25) is 5.41 Å². The summed E-state index contributed by atoms with van der Waals surface area (Å²) in [6, 6.07) is 18.3. The summed E-state index contributed by atoms with van der Waals surface area (Å²) in [5.41, 5.74) is 8.11. The summed E-state index contributed by atoms with van der Waals surface area (Å²) in [7, 11) is 0. The SMILES string of the molecule is Cc1ccccc1SCC(C(=N)N)c1ccccc1. The number of hydrogen-bond acceptors (Lipinski definition) is 2. The molecule has 2 aromatic rings. The van der Waals surface area contributed by atoms with Crippen molar-refractivity contribution in [1.29, 1.82) is 5.41 Å². The van der Waals surface area contributed by atoms with E-state index in [1.165, 1.54) is 10.5 Å². The van der Waals surface area contributed by atoms with Gasteiger partial charge in [-0.1, -0.05) is 48.5 Å². The van der Waals surface area contributed by atoms with Gasteiger partial charge in [-0.25, -0.2) is 0 Å². The van der Waals surface area contributed by atoms with Gasteiger partial charge in [0.15, 0.2) is 0 Å². The largest absolute Gasteiger partial charge is 0.387 e. The standard InChI is InChI=1S/C16H18N2S/c1-12-7-5-6-10-15(12)19-11-14(16(17)18)13-8-3-2-4-9-13/h2-10,14H,11H2,1H3,(H3,17,18). The fraction of sp³-hybridized carbons (Fsp3) is 0.188. The van der Waals surface area contributed by atoms with Crippen LogP contribution >= 0.6 is 11.8 Å². The van der Waals surface area contributed by atoms with Crippen molar-refractivity contribution in [3.63, 3.8) is 0 Å². The third kappa shape index (κ3) is 3.61. The van der Waals surface area contributed by atoms with Gasteiger partial charge < -0.3 is 5.73 Å². The lowest BCUT2D eigenvalue weighted by Gasteiger charge is -2.16. The smallest absolute Gasteiger partial charge is 0.0990 e. The van der Waals surface area contributed by atoms with E-state index in [4.69, 9.17) is 11.1 Å². The van der Waals surface area contributed by atoms with E-state index in [1.54, 1.807) is 11.8 Å². The minimum atomic E-state index is -0.0224. The van der Waals surface area contributed by atoms with Crippen molar-refractivity contribution in [3.8, 4) is 0 Å². The van der Waals surface area contributed by atoms with Crippen molar-refractivity contribution >= 4 is 17.6 Å². The number of amidine groups is 1. The molecule has 0 amide bonds. The molecule has 0 spiro atoms. The van der Waals surface area contributed by atoms with Crippen LogP contribution in [0.5, 0.6) is 0 Å². The monoisotopic (exact) mass is 270 g/mol. The van der Waals surface area contributed by atoms with E-state index in [0.29, 0.717) is 0 Å². The van der Waals surface area contributed by atoms with Crippen LogP contribution in [-0.4, -0.2) is 11.6 Å². The molecule has 19 heavy (non-hydrogen) atoms. The lowest BCUT2D eigenvalue weighted by molar-refractivity contribution is 1.00. The van der Waals surface area contributed by atoms with Crippen LogP contribution in [0.3, 0.4) is 0 Å². The van der Waals surface area contributed by atoms with E-state index in [0.717, 1.165) is 11.3 Å². The van der Waals surface area contributed by atoms with Crippen LogP contribution in [0, 0.1) is 12.3 Å². The third-order valence-corrected chi connectivity index (χ3v) is 4.35. The molecular formula is C16H18N2S. The average molecular weight is 270 g/mol. The Morgan fingerprint density at radius 2 is 1.74 bits per heavy atom. The topological polar surface area (TPSA) is 49.9 Å². The Morgan fingerprint density at radius 3 is 2.37 bits per heavy atom. The second-order valence-corrected chi connectivity index (χ2v) is 5.56. The van der Waals surface area contributed by atoms with Crippen LogP contribution in [-0.2, 0) is 0 Å². The molecule has 1 unspecified atom stereocenters. The Morgan fingerprint density at radius 1 is 1.11 bits per heavy atom. The first-order valence-electron chi connectivity index (χ1n) is 6.26. The van der Waals surface area contributed by atoms with E-state index < -0.39 is 0 Å². The number of rotatable bonds is 5. The Balaban J connectivity index is 2.11. The van der Waals surface area contributed by atoms with Gasteiger partial charge in [0, 0.05) is 10.6 Å². The number of aryl methyl sites for hydroxylation is 1. The summed E-state index contributed by atoms with van der Waals surface area (Å²) in [6.45, 7) is 2.10. The zero-order valence-electron chi connectivity index (χ0n) is 11.0. The average Bonchev–Trinajstić information content (AvgIpc) is 2.42. The fourth-order valence-electron chi connectivity index (χ4n) is 1.94. The molecule has 2 nitrogen and oxygen atoms in total. The lowest BCUT2D eigenvalue weighted by atomic mass is 10.0. The summed E-state index contributed by atoms with van der Waals surface area (Å²) in [4.78, 5) is 1.25. The van der Waals surface area contributed by atoms with E-state index in [1.807, 2.05) is 42.5 Å². The number of thioether (sulfide) groups is 1. The predicted molar refractivity (Wildman–Crippen MR) is 83.0 cm³/mol. The van der Waals surface area contributed by atoms with Gasteiger partial charge >= 0.3 is 0 Å². The van der Waals surface area contributed by atoms with Crippen molar-refractivity contribution in [2.24, 2.45) is 5.73 Å². The number of benzene rings is 2. The highest BCUT2D eigenvalue weighted by Crippen LogP contribution is 2.28. The molecule has 3 N–H and O–H groups in total. The van der Waals surface area contributed by atoms with Crippen molar-refractivity contribution in [1.82, 2.24) is 0 Å². The molecule has 0 bridgehead atoms.